The Kier molecular flexibility index (Phi) is 6.47. The normalized spacial score (nSPS) is 13.8. The Morgan fingerprint density at radius 2 is 1.25 bits per heavy atom. The first-order valence-corrected chi connectivity index (χ1v) is 9.47. The van der Waals surface area contributed by atoms with Gasteiger partial charge in [0.25, 0.3) is 0 Å². The van der Waals surface area contributed by atoms with Crippen LogP contribution < -0.4 is 0 Å². The summed E-state index contributed by atoms with van der Waals surface area (Å²) >= 11 is 0. The smallest absolute Gasteiger partial charge is 0.0389 e. The van der Waals surface area contributed by atoms with Gasteiger partial charge in [-0.25, -0.2) is 0 Å². The highest BCUT2D eigenvalue weighted by molar-refractivity contribution is 5.85. The van der Waals surface area contributed by atoms with Gasteiger partial charge < -0.3 is 0 Å². The quantitative estimate of drug-likeness (QED) is 0.425. The summed E-state index contributed by atoms with van der Waals surface area (Å²) < 4.78 is 0. The van der Waals surface area contributed by atoms with Crippen molar-refractivity contribution < 1.29 is 0 Å². The van der Waals surface area contributed by atoms with Gasteiger partial charge in [-0.15, -0.1) is 0 Å². The molecule has 0 saturated carbocycles. The minimum Gasteiger partial charge on any atom is -0.293 e. The zero-order valence-corrected chi connectivity index (χ0v) is 17.8. The number of hydrogen-bond acceptors (Lipinski definition) is 1. The van der Waals surface area contributed by atoms with E-state index < -0.39 is 0 Å². The van der Waals surface area contributed by atoms with Crippen molar-refractivity contribution in [2.24, 2.45) is 4.99 Å². The molecule has 0 aromatic heterocycles. The number of hydrogen-bond donors (Lipinski definition) is 0. The van der Waals surface area contributed by atoms with E-state index >= 15 is 0 Å². The third-order valence-corrected chi connectivity index (χ3v) is 4.52. The van der Waals surface area contributed by atoms with Crippen LogP contribution in [0.15, 0.2) is 17.1 Å². The van der Waals surface area contributed by atoms with Gasteiger partial charge >= 0.3 is 0 Å². The van der Waals surface area contributed by atoms with E-state index in [0.29, 0.717) is 0 Å². The molecule has 0 aliphatic rings. The Balaban J connectivity index is 3.65. The third-order valence-electron chi connectivity index (χ3n) is 4.52. The van der Waals surface area contributed by atoms with E-state index in [1.807, 2.05) is 0 Å². The van der Waals surface area contributed by atoms with Crippen molar-refractivity contribution in [1.29, 1.82) is 0 Å². The maximum atomic E-state index is 4.75. The van der Waals surface area contributed by atoms with Crippen LogP contribution in [0.4, 0.5) is 0 Å². The number of aliphatic imine (C=N–C) groups is 1. The van der Waals surface area contributed by atoms with E-state index in [0.717, 1.165) is 13.0 Å². The molecule has 1 rings (SSSR count). The van der Waals surface area contributed by atoms with Crippen LogP contribution in [0.5, 0.6) is 0 Å². The average Bonchev–Trinajstić information content (AvgIpc) is 2.39. The van der Waals surface area contributed by atoms with Gasteiger partial charge in [0.1, 0.15) is 0 Å². The van der Waals surface area contributed by atoms with Gasteiger partial charge in [0, 0.05) is 12.8 Å². The van der Waals surface area contributed by atoms with Crippen LogP contribution in [-0.4, -0.2) is 12.8 Å². The van der Waals surface area contributed by atoms with E-state index in [1.165, 1.54) is 28.7 Å². The fourth-order valence-electron chi connectivity index (χ4n) is 2.87. The largest absolute Gasteiger partial charge is 0.293 e. The summed E-state index contributed by atoms with van der Waals surface area (Å²) in [4.78, 5) is 4.75. The molecule has 1 heteroatoms. The van der Waals surface area contributed by atoms with Crippen molar-refractivity contribution in [3.05, 3.63) is 34.4 Å². The summed E-state index contributed by atoms with van der Waals surface area (Å²) in [6.07, 6.45) is 4.49. The van der Waals surface area contributed by atoms with Crippen molar-refractivity contribution in [3.63, 3.8) is 0 Å². The van der Waals surface area contributed by atoms with E-state index in [4.69, 9.17) is 4.99 Å². The molecule has 0 radical (unpaired) electrons. The molecule has 0 bridgehead atoms. The molecule has 0 amide bonds. The molecule has 0 saturated heterocycles. The van der Waals surface area contributed by atoms with Gasteiger partial charge in [0.15, 0.2) is 0 Å². The van der Waals surface area contributed by atoms with Crippen LogP contribution >= 0.6 is 0 Å². The lowest BCUT2D eigenvalue weighted by Crippen LogP contribution is -2.24. The van der Waals surface area contributed by atoms with Crippen LogP contribution in [0.1, 0.15) is 104 Å². The van der Waals surface area contributed by atoms with Crippen molar-refractivity contribution in [1.82, 2.24) is 0 Å². The Hall–Kier alpha value is -1.11. The second-order valence-electron chi connectivity index (χ2n) is 10.1. The molecule has 0 spiro atoms. The monoisotopic (exact) mass is 329 g/mol. The molecule has 24 heavy (non-hydrogen) atoms. The molecule has 0 atom stereocenters. The van der Waals surface area contributed by atoms with E-state index in [-0.39, 0.29) is 16.2 Å². The third kappa shape index (κ3) is 5.46. The van der Waals surface area contributed by atoms with Gasteiger partial charge in [-0.2, -0.15) is 0 Å². The lowest BCUT2D eigenvalue weighted by Gasteiger charge is -2.32. The predicted octanol–water partition coefficient (Wildman–Crippen LogP) is 6.80. The molecular formula is C23H39N. The number of unbranched alkanes of at least 4 members (excludes halogenated alkanes) is 1. The van der Waals surface area contributed by atoms with E-state index in [2.05, 4.69) is 87.6 Å². The molecular weight excluding hydrogens is 290 g/mol. The van der Waals surface area contributed by atoms with Gasteiger partial charge in [0.2, 0.25) is 0 Å². The van der Waals surface area contributed by atoms with Gasteiger partial charge in [0.05, 0.1) is 0 Å². The highest BCUT2D eigenvalue weighted by atomic mass is 14.7. The van der Waals surface area contributed by atoms with Crippen molar-refractivity contribution in [2.45, 2.75) is 98.3 Å². The van der Waals surface area contributed by atoms with Crippen molar-refractivity contribution >= 4 is 6.21 Å². The summed E-state index contributed by atoms with van der Waals surface area (Å²) in [6.45, 7) is 23.9. The topological polar surface area (TPSA) is 12.4 Å². The van der Waals surface area contributed by atoms with Crippen LogP contribution in [0.3, 0.4) is 0 Å². The highest BCUT2D eigenvalue weighted by Gasteiger charge is 2.28. The molecule has 1 aromatic rings. The lowest BCUT2D eigenvalue weighted by molar-refractivity contribution is 0.547. The molecule has 0 aliphatic carbocycles. The molecule has 1 nitrogen and oxygen atoms in total. The molecule has 0 unspecified atom stereocenters. The Bertz CT molecular complexity index is 537. The zero-order chi connectivity index (χ0) is 18.8. The highest BCUT2D eigenvalue weighted by Crippen LogP contribution is 2.37. The molecule has 0 N–H and O–H groups in total. The summed E-state index contributed by atoms with van der Waals surface area (Å²) in [5.74, 6) is 0. The Labute approximate surface area is 151 Å². The first-order valence-electron chi connectivity index (χ1n) is 9.47. The molecule has 0 aliphatic heterocycles. The minimum atomic E-state index is 0.105. The first-order chi connectivity index (χ1) is 10.8. The van der Waals surface area contributed by atoms with E-state index in [1.54, 1.807) is 0 Å². The van der Waals surface area contributed by atoms with Crippen LogP contribution in [0, 0.1) is 0 Å². The number of benzene rings is 1. The fourth-order valence-corrected chi connectivity index (χ4v) is 2.87. The van der Waals surface area contributed by atoms with Crippen LogP contribution in [0.2, 0.25) is 0 Å². The first kappa shape index (κ1) is 20.9. The number of nitrogens with zero attached hydrogens (tertiary/aromatic N) is 1. The summed E-state index contributed by atoms with van der Waals surface area (Å²) in [5.41, 5.74) is 5.95. The second kappa shape index (κ2) is 7.42. The summed E-state index contributed by atoms with van der Waals surface area (Å²) in [6, 6.07) is 4.83. The van der Waals surface area contributed by atoms with Crippen molar-refractivity contribution in [3.8, 4) is 0 Å². The van der Waals surface area contributed by atoms with Gasteiger partial charge in [-0.1, -0.05) is 87.8 Å². The molecule has 0 heterocycles. The van der Waals surface area contributed by atoms with Gasteiger partial charge in [-0.3, -0.25) is 4.99 Å². The standard InChI is InChI=1S/C23H39N/c1-11-12-13-24-16-18-19(22(5,6)7)14-17(21(2,3)4)15-20(18)23(8,9)10/h14-16H,11-13H2,1-10H3. The minimum absolute atomic E-state index is 0.105. The Morgan fingerprint density at radius 1 is 0.792 bits per heavy atom. The Morgan fingerprint density at radius 3 is 1.58 bits per heavy atom. The second-order valence-corrected chi connectivity index (χ2v) is 10.1. The maximum absolute atomic E-state index is 4.75. The summed E-state index contributed by atoms with van der Waals surface area (Å²) in [7, 11) is 0. The van der Waals surface area contributed by atoms with E-state index in [9.17, 15) is 0 Å². The lowest BCUT2D eigenvalue weighted by atomic mass is 9.72. The summed E-state index contributed by atoms with van der Waals surface area (Å²) in [5, 5.41) is 0. The van der Waals surface area contributed by atoms with Crippen LogP contribution in [-0.2, 0) is 16.2 Å². The maximum Gasteiger partial charge on any atom is 0.0389 e. The van der Waals surface area contributed by atoms with Crippen LogP contribution in [0.25, 0.3) is 0 Å². The zero-order valence-electron chi connectivity index (χ0n) is 17.8. The average molecular weight is 330 g/mol. The molecule has 0 fully saturated rings. The molecule has 1 aromatic carbocycles. The predicted molar refractivity (Wildman–Crippen MR) is 110 cm³/mol. The van der Waals surface area contributed by atoms with Gasteiger partial charge in [-0.05, 0) is 44.9 Å². The molecule has 136 valence electrons. The SMILES string of the molecule is CCCCN=Cc1c(C(C)(C)C)cc(C(C)(C)C)cc1C(C)(C)C. The van der Waals surface area contributed by atoms with Crippen molar-refractivity contribution in [2.75, 3.05) is 6.54 Å². The fraction of sp³-hybridized carbons (Fsp3) is 0.696. The number of rotatable bonds is 4.